The third kappa shape index (κ3) is 4.92. The average molecular weight is 316 g/mol. The molecule has 0 radical (unpaired) electrons. The third-order valence-electron chi connectivity index (χ3n) is 4.11. The molecule has 0 aliphatic heterocycles. The van der Waals surface area contributed by atoms with Crippen molar-refractivity contribution in [3.63, 3.8) is 0 Å². The molecule has 1 unspecified atom stereocenters. The summed E-state index contributed by atoms with van der Waals surface area (Å²) in [4.78, 5) is 0. The number of rotatable bonds is 6. The molecule has 1 atom stereocenters. The van der Waals surface area contributed by atoms with Gasteiger partial charge in [-0.05, 0) is 37.1 Å². The molecule has 0 heterocycles. The standard InChI is InChI=1S/C16H23Cl2NO/c17-13-6-7-15(18)14(10-13)16(20)11-19-9-8-12-4-2-1-3-5-12/h6-7,10,12,16,19-20H,1-5,8-9,11H2. The number of benzene rings is 1. The predicted molar refractivity (Wildman–Crippen MR) is 85.5 cm³/mol. The van der Waals surface area contributed by atoms with Gasteiger partial charge in [-0.25, -0.2) is 0 Å². The first-order valence-corrected chi connectivity index (χ1v) is 8.26. The Kier molecular flexibility index (Phi) is 6.63. The normalized spacial score (nSPS) is 18.1. The van der Waals surface area contributed by atoms with Crippen molar-refractivity contribution in [3.05, 3.63) is 33.8 Å². The minimum Gasteiger partial charge on any atom is -0.387 e. The Morgan fingerprint density at radius 3 is 2.70 bits per heavy atom. The molecule has 112 valence electrons. The zero-order chi connectivity index (χ0) is 14.4. The van der Waals surface area contributed by atoms with Gasteiger partial charge in [-0.15, -0.1) is 0 Å². The van der Waals surface area contributed by atoms with Gasteiger partial charge >= 0.3 is 0 Å². The average Bonchev–Trinajstić information content (AvgIpc) is 2.47. The minimum atomic E-state index is -0.604. The van der Waals surface area contributed by atoms with E-state index in [1.54, 1.807) is 18.2 Å². The molecule has 20 heavy (non-hydrogen) atoms. The van der Waals surface area contributed by atoms with E-state index in [0.29, 0.717) is 22.2 Å². The summed E-state index contributed by atoms with van der Waals surface area (Å²) in [5.74, 6) is 0.864. The number of hydrogen-bond donors (Lipinski definition) is 2. The van der Waals surface area contributed by atoms with Crippen LogP contribution in [0, 0.1) is 5.92 Å². The van der Waals surface area contributed by atoms with E-state index in [1.807, 2.05) is 0 Å². The highest BCUT2D eigenvalue weighted by Crippen LogP contribution is 2.27. The molecule has 0 bridgehead atoms. The van der Waals surface area contributed by atoms with E-state index in [9.17, 15) is 5.11 Å². The summed E-state index contributed by atoms with van der Waals surface area (Å²) in [5.41, 5.74) is 0.698. The summed E-state index contributed by atoms with van der Waals surface area (Å²) >= 11 is 12.0. The summed E-state index contributed by atoms with van der Waals surface area (Å²) in [7, 11) is 0. The second-order valence-corrected chi connectivity index (χ2v) is 6.52. The van der Waals surface area contributed by atoms with Crippen LogP contribution in [0.3, 0.4) is 0 Å². The lowest BCUT2D eigenvalue weighted by Gasteiger charge is -2.22. The van der Waals surface area contributed by atoms with Crippen molar-refractivity contribution >= 4 is 23.2 Å². The Morgan fingerprint density at radius 2 is 1.95 bits per heavy atom. The molecule has 0 spiro atoms. The lowest BCUT2D eigenvalue weighted by Crippen LogP contribution is -2.24. The van der Waals surface area contributed by atoms with Crippen molar-refractivity contribution in [1.29, 1.82) is 0 Å². The first-order valence-electron chi connectivity index (χ1n) is 7.50. The molecular formula is C16H23Cl2NO. The van der Waals surface area contributed by atoms with Crippen molar-refractivity contribution < 1.29 is 5.11 Å². The smallest absolute Gasteiger partial charge is 0.0929 e. The van der Waals surface area contributed by atoms with Crippen LogP contribution in [-0.4, -0.2) is 18.2 Å². The van der Waals surface area contributed by atoms with Crippen LogP contribution >= 0.6 is 23.2 Å². The SMILES string of the molecule is OC(CNCCC1CCCCC1)c1cc(Cl)ccc1Cl. The second-order valence-electron chi connectivity index (χ2n) is 5.68. The van der Waals surface area contributed by atoms with Crippen molar-refractivity contribution in [3.8, 4) is 0 Å². The van der Waals surface area contributed by atoms with E-state index in [1.165, 1.54) is 38.5 Å². The van der Waals surface area contributed by atoms with Gasteiger partial charge in [0.25, 0.3) is 0 Å². The van der Waals surface area contributed by atoms with Crippen LogP contribution in [0.15, 0.2) is 18.2 Å². The highest BCUT2D eigenvalue weighted by molar-refractivity contribution is 6.33. The van der Waals surface area contributed by atoms with Crippen LogP contribution in [0.1, 0.15) is 50.2 Å². The van der Waals surface area contributed by atoms with Crippen LogP contribution in [0.4, 0.5) is 0 Å². The van der Waals surface area contributed by atoms with E-state index in [4.69, 9.17) is 23.2 Å². The summed E-state index contributed by atoms with van der Waals surface area (Å²) in [6, 6.07) is 5.19. The van der Waals surface area contributed by atoms with Crippen molar-refractivity contribution in [1.82, 2.24) is 5.32 Å². The fourth-order valence-corrected chi connectivity index (χ4v) is 3.32. The van der Waals surface area contributed by atoms with Gasteiger partial charge in [0.05, 0.1) is 6.10 Å². The Morgan fingerprint density at radius 1 is 1.20 bits per heavy atom. The van der Waals surface area contributed by atoms with E-state index >= 15 is 0 Å². The van der Waals surface area contributed by atoms with E-state index in [2.05, 4.69) is 5.32 Å². The van der Waals surface area contributed by atoms with Gasteiger partial charge < -0.3 is 10.4 Å². The molecule has 1 aromatic rings. The quantitative estimate of drug-likeness (QED) is 0.753. The fourth-order valence-electron chi connectivity index (χ4n) is 2.90. The largest absolute Gasteiger partial charge is 0.387 e. The van der Waals surface area contributed by atoms with Crippen LogP contribution < -0.4 is 5.32 Å². The highest BCUT2D eigenvalue weighted by atomic mass is 35.5. The summed E-state index contributed by atoms with van der Waals surface area (Å²) < 4.78 is 0. The Bertz CT molecular complexity index is 419. The van der Waals surface area contributed by atoms with E-state index < -0.39 is 6.10 Å². The Balaban J connectivity index is 1.71. The number of aliphatic hydroxyl groups is 1. The summed E-state index contributed by atoms with van der Waals surface area (Å²) in [6.45, 7) is 1.48. The molecule has 4 heteroatoms. The van der Waals surface area contributed by atoms with Crippen molar-refractivity contribution in [2.45, 2.75) is 44.6 Å². The monoisotopic (exact) mass is 315 g/mol. The Hall–Kier alpha value is -0.280. The molecule has 0 amide bonds. The molecule has 2 N–H and O–H groups in total. The third-order valence-corrected chi connectivity index (χ3v) is 4.69. The van der Waals surface area contributed by atoms with Crippen LogP contribution in [0.2, 0.25) is 10.0 Å². The van der Waals surface area contributed by atoms with Crippen LogP contribution in [0.25, 0.3) is 0 Å². The molecule has 1 aromatic carbocycles. The van der Waals surface area contributed by atoms with Gasteiger partial charge in [0.1, 0.15) is 0 Å². The van der Waals surface area contributed by atoms with Gasteiger partial charge in [0.2, 0.25) is 0 Å². The maximum atomic E-state index is 10.2. The van der Waals surface area contributed by atoms with Crippen molar-refractivity contribution in [2.24, 2.45) is 5.92 Å². The van der Waals surface area contributed by atoms with Crippen LogP contribution in [0.5, 0.6) is 0 Å². The lowest BCUT2D eigenvalue weighted by molar-refractivity contribution is 0.173. The number of hydrogen-bond acceptors (Lipinski definition) is 2. The summed E-state index contributed by atoms with van der Waals surface area (Å²) in [6.07, 6.45) is 7.49. The Labute approximate surface area is 131 Å². The molecular weight excluding hydrogens is 293 g/mol. The molecule has 2 nitrogen and oxygen atoms in total. The first kappa shape index (κ1) is 16.1. The van der Waals surface area contributed by atoms with Gasteiger partial charge in [-0.1, -0.05) is 55.3 Å². The van der Waals surface area contributed by atoms with E-state index in [-0.39, 0.29) is 0 Å². The molecule has 1 saturated carbocycles. The minimum absolute atomic E-state index is 0.521. The molecule has 1 aliphatic rings. The van der Waals surface area contributed by atoms with Gasteiger partial charge in [-0.2, -0.15) is 0 Å². The van der Waals surface area contributed by atoms with Gasteiger partial charge in [0, 0.05) is 22.2 Å². The van der Waals surface area contributed by atoms with Gasteiger partial charge in [-0.3, -0.25) is 0 Å². The molecule has 0 aromatic heterocycles. The number of halogens is 2. The summed E-state index contributed by atoms with van der Waals surface area (Å²) in [5, 5.41) is 14.7. The molecule has 0 saturated heterocycles. The van der Waals surface area contributed by atoms with Gasteiger partial charge in [0.15, 0.2) is 0 Å². The molecule has 1 aliphatic carbocycles. The molecule has 2 rings (SSSR count). The molecule has 1 fully saturated rings. The fraction of sp³-hybridized carbons (Fsp3) is 0.625. The van der Waals surface area contributed by atoms with Crippen LogP contribution in [-0.2, 0) is 0 Å². The predicted octanol–water partition coefficient (Wildman–Crippen LogP) is 4.59. The van der Waals surface area contributed by atoms with E-state index in [0.717, 1.165) is 12.5 Å². The number of aliphatic hydroxyl groups excluding tert-OH is 1. The topological polar surface area (TPSA) is 32.3 Å². The highest BCUT2D eigenvalue weighted by Gasteiger charge is 2.14. The number of nitrogens with one attached hydrogen (secondary N) is 1. The zero-order valence-electron chi connectivity index (χ0n) is 11.7. The zero-order valence-corrected chi connectivity index (χ0v) is 13.3. The van der Waals surface area contributed by atoms with Crippen molar-refractivity contribution in [2.75, 3.05) is 13.1 Å². The maximum absolute atomic E-state index is 10.2. The second kappa shape index (κ2) is 8.23. The lowest BCUT2D eigenvalue weighted by atomic mass is 9.87. The maximum Gasteiger partial charge on any atom is 0.0929 e. The first-order chi connectivity index (χ1) is 9.66.